The van der Waals surface area contributed by atoms with Gasteiger partial charge in [-0.25, -0.2) is 0 Å². The molecular formula is C20H23N3O3. The third-order valence-electron chi connectivity index (χ3n) is 3.89. The van der Waals surface area contributed by atoms with E-state index in [4.69, 9.17) is 0 Å². The summed E-state index contributed by atoms with van der Waals surface area (Å²) in [5.41, 5.74) is 2.17. The summed E-state index contributed by atoms with van der Waals surface area (Å²) in [6.45, 7) is 6.58. The van der Waals surface area contributed by atoms with Gasteiger partial charge in [0.05, 0.1) is 0 Å². The first-order chi connectivity index (χ1) is 12.4. The number of hydrogen-bond acceptors (Lipinski definition) is 3. The predicted octanol–water partition coefficient (Wildman–Crippen LogP) is 3.38. The third-order valence-corrected chi connectivity index (χ3v) is 3.89. The zero-order chi connectivity index (χ0) is 19.1. The molecule has 0 bridgehead atoms. The second kappa shape index (κ2) is 8.80. The molecule has 26 heavy (non-hydrogen) atoms. The van der Waals surface area contributed by atoms with Crippen molar-refractivity contribution in [3.05, 3.63) is 59.7 Å². The number of carbonyl (C=O) groups is 3. The Morgan fingerprint density at radius 2 is 1.50 bits per heavy atom. The maximum atomic E-state index is 12.4. The lowest BCUT2D eigenvalue weighted by atomic mass is 10.1. The summed E-state index contributed by atoms with van der Waals surface area (Å²) in [6, 6.07) is 13.5. The third kappa shape index (κ3) is 4.92. The lowest BCUT2D eigenvalue weighted by Crippen LogP contribution is -2.30. The molecular weight excluding hydrogens is 330 g/mol. The van der Waals surface area contributed by atoms with Crippen molar-refractivity contribution in [2.45, 2.75) is 20.8 Å². The highest BCUT2D eigenvalue weighted by Gasteiger charge is 2.13. The van der Waals surface area contributed by atoms with E-state index in [1.165, 1.54) is 6.92 Å². The minimum Gasteiger partial charge on any atom is -0.339 e. The van der Waals surface area contributed by atoms with E-state index in [1.54, 1.807) is 53.4 Å². The molecule has 6 heteroatoms. The Bertz CT molecular complexity index is 796. The summed E-state index contributed by atoms with van der Waals surface area (Å²) < 4.78 is 0. The molecule has 0 spiro atoms. The highest BCUT2D eigenvalue weighted by atomic mass is 16.2. The lowest BCUT2D eigenvalue weighted by Gasteiger charge is -2.18. The summed E-state index contributed by atoms with van der Waals surface area (Å²) in [5.74, 6) is -0.521. The van der Waals surface area contributed by atoms with Gasteiger partial charge in [0.15, 0.2) is 0 Å². The van der Waals surface area contributed by atoms with Crippen molar-refractivity contribution < 1.29 is 14.4 Å². The Labute approximate surface area is 153 Å². The molecule has 2 aromatic rings. The van der Waals surface area contributed by atoms with Crippen LogP contribution in [0.2, 0.25) is 0 Å². The molecule has 0 saturated heterocycles. The van der Waals surface area contributed by atoms with Gasteiger partial charge in [-0.2, -0.15) is 0 Å². The molecule has 2 N–H and O–H groups in total. The van der Waals surface area contributed by atoms with Crippen LogP contribution in [0.3, 0.4) is 0 Å². The molecule has 0 unspecified atom stereocenters. The lowest BCUT2D eigenvalue weighted by molar-refractivity contribution is -0.114. The summed E-state index contributed by atoms with van der Waals surface area (Å²) in [7, 11) is 0. The average Bonchev–Trinajstić information content (AvgIpc) is 2.63. The van der Waals surface area contributed by atoms with Crippen molar-refractivity contribution in [3.63, 3.8) is 0 Å². The van der Waals surface area contributed by atoms with E-state index >= 15 is 0 Å². The normalized spacial score (nSPS) is 10.1. The second-order valence-electron chi connectivity index (χ2n) is 5.77. The Morgan fingerprint density at radius 3 is 2.08 bits per heavy atom. The topological polar surface area (TPSA) is 78.5 Å². The molecule has 2 aromatic carbocycles. The van der Waals surface area contributed by atoms with Gasteiger partial charge < -0.3 is 15.5 Å². The first kappa shape index (κ1) is 19.2. The molecule has 136 valence electrons. The molecule has 0 atom stereocenters. The summed E-state index contributed by atoms with van der Waals surface area (Å²) in [5, 5.41) is 5.43. The van der Waals surface area contributed by atoms with Gasteiger partial charge in [-0.3, -0.25) is 14.4 Å². The van der Waals surface area contributed by atoms with Crippen LogP contribution in [0, 0.1) is 0 Å². The van der Waals surface area contributed by atoms with Crippen LogP contribution in [-0.4, -0.2) is 35.7 Å². The van der Waals surface area contributed by atoms with Crippen LogP contribution in [0.1, 0.15) is 41.5 Å². The van der Waals surface area contributed by atoms with Crippen molar-refractivity contribution in [2.75, 3.05) is 23.7 Å². The molecule has 0 radical (unpaired) electrons. The van der Waals surface area contributed by atoms with E-state index in [0.29, 0.717) is 35.6 Å². The van der Waals surface area contributed by atoms with Crippen LogP contribution < -0.4 is 10.6 Å². The van der Waals surface area contributed by atoms with Crippen molar-refractivity contribution in [1.82, 2.24) is 4.90 Å². The maximum Gasteiger partial charge on any atom is 0.255 e. The molecule has 0 saturated carbocycles. The number of nitrogens with one attached hydrogen (secondary N) is 2. The summed E-state index contributed by atoms with van der Waals surface area (Å²) in [6.07, 6.45) is 0. The molecule has 0 aliphatic carbocycles. The number of hydrogen-bond donors (Lipinski definition) is 2. The van der Waals surface area contributed by atoms with Gasteiger partial charge in [0.1, 0.15) is 0 Å². The van der Waals surface area contributed by atoms with E-state index < -0.39 is 0 Å². The Hall–Kier alpha value is -3.15. The van der Waals surface area contributed by atoms with Crippen molar-refractivity contribution >= 4 is 29.1 Å². The zero-order valence-corrected chi connectivity index (χ0v) is 15.2. The quantitative estimate of drug-likeness (QED) is 0.836. The number of rotatable bonds is 6. The Kier molecular flexibility index (Phi) is 6.49. The summed E-state index contributed by atoms with van der Waals surface area (Å²) in [4.78, 5) is 37.5. The van der Waals surface area contributed by atoms with Crippen molar-refractivity contribution in [1.29, 1.82) is 0 Å². The summed E-state index contributed by atoms with van der Waals surface area (Å²) >= 11 is 0. The number of carbonyl (C=O) groups excluding carboxylic acids is 3. The SMILES string of the molecule is CCN(CC)C(=O)c1ccc(NC(=O)c2cccc(NC(C)=O)c2)cc1. The molecule has 0 heterocycles. The van der Waals surface area contributed by atoms with Crippen LogP contribution in [0.4, 0.5) is 11.4 Å². The van der Waals surface area contributed by atoms with Gasteiger partial charge in [0.2, 0.25) is 5.91 Å². The van der Waals surface area contributed by atoms with E-state index in [2.05, 4.69) is 10.6 Å². The van der Waals surface area contributed by atoms with Gasteiger partial charge in [-0.15, -0.1) is 0 Å². The van der Waals surface area contributed by atoms with Crippen LogP contribution in [-0.2, 0) is 4.79 Å². The van der Waals surface area contributed by atoms with Gasteiger partial charge in [0, 0.05) is 42.5 Å². The first-order valence-corrected chi connectivity index (χ1v) is 8.53. The first-order valence-electron chi connectivity index (χ1n) is 8.53. The van der Waals surface area contributed by atoms with Gasteiger partial charge in [0.25, 0.3) is 11.8 Å². The minimum absolute atomic E-state index is 0.0316. The fraction of sp³-hybridized carbons (Fsp3) is 0.250. The van der Waals surface area contributed by atoms with E-state index in [0.717, 1.165) is 0 Å². The molecule has 6 nitrogen and oxygen atoms in total. The fourth-order valence-corrected chi connectivity index (χ4v) is 2.53. The van der Waals surface area contributed by atoms with E-state index in [1.807, 2.05) is 13.8 Å². The Morgan fingerprint density at radius 1 is 0.846 bits per heavy atom. The molecule has 0 aliphatic rings. The predicted molar refractivity (Wildman–Crippen MR) is 102 cm³/mol. The molecule has 2 rings (SSSR count). The largest absolute Gasteiger partial charge is 0.339 e. The highest BCUT2D eigenvalue weighted by Crippen LogP contribution is 2.15. The van der Waals surface area contributed by atoms with Crippen molar-refractivity contribution in [2.24, 2.45) is 0 Å². The number of anilines is 2. The standard InChI is InChI=1S/C20H23N3O3/c1-4-23(5-2)20(26)15-9-11-17(12-10-15)22-19(25)16-7-6-8-18(13-16)21-14(3)24/h6-13H,4-5H2,1-3H3,(H,21,24)(H,22,25). The minimum atomic E-state index is -0.292. The van der Waals surface area contributed by atoms with Crippen LogP contribution in [0.15, 0.2) is 48.5 Å². The average molecular weight is 353 g/mol. The number of amides is 3. The second-order valence-corrected chi connectivity index (χ2v) is 5.77. The molecule has 0 fully saturated rings. The molecule has 3 amide bonds. The number of nitrogens with zero attached hydrogens (tertiary/aromatic N) is 1. The monoisotopic (exact) mass is 353 g/mol. The highest BCUT2D eigenvalue weighted by molar-refractivity contribution is 6.05. The van der Waals surface area contributed by atoms with Gasteiger partial charge >= 0.3 is 0 Å². The van der Waals surface area contributed by atoms with E-state index in [9.17, 15) is 14.4 Å². The van der Waals surface area contributed by atoms with Crippen LogP contribution in [0.5, 0.6) is 0 Å². The van der Waals surface area contributed by atoms with Gasteiger partial charge in [-0.1, -0.05) is 6.07 Å². The fourth-order valence-electron chi connectivity index (χ4n) is 2.53. The Balaban J connectivity index is 2.08. The maximum absolute atomic E-state index is 12.4. The van der Waals surface area contributed by atoms with Gasteiger partial charge in [-0.05, 0) is 56.3 Å². The van der Waals surface area contributed by atoms with E-state index in [-0.39, 0.29) is 17.7 Å². The molecule has 0 aromatic heterocycles. The van der Waals surface area contributed by atoms with Crippen LogP contribution in [0.25, 0.3) is 0 Å². The van der Waals surface area contributed by atoms with Crippen LogP contribution >= 0.6 is 0 Å². The zero-order valence-electron chi connectivity index (χ0n) is 15.2. The van der Waals surface area contributed by atoms with Crippen molar-refractivity contribution in [3.8, 4) is 0 Å². The number of benzene rings is 2. The molecule has 0 aliphatic heterocycles. The smallest absolute Gasteiger partial charge is 0.255 e.